The first-order chi connectivity index (χ1) is 12.9. The van der Waals surface area contributed by atoms with Crippen molar-refractivity contribution >= 4 is 10.8 Å². The third-order valence-electron chi connectivity index (χ3n) is 6.24. The largest absolute Gasteiger partial charge is 0.494 e. The number of benzene rings is 1. The molecule has 2 saturated heterocycles. The standard InChI is InChI=1S/C20H15N3O4/c1-19-13-14(20(2,27-19)16-15(19)26-16)18(25)23(17(13)24)12-8-22-11(7-21)9-5-3-4-6-10(9)12/h3-6,8,15-16,24-25H,1-2H3/t15-,16+,19?,20?. The van der Waals surface area contributed by atoms with Crippen molar-refractivity contribution in [1.29, 1.82) is 5.26 Å². The molecule has 0 amide bonds. The molecule has 0 saturated carbocycles. The van der Waals surface area contributed by atoms with Crippen LogP contribution in [0.4, 0.5) is 0 Å². The molecule has 6 rings (SSSR count). The van der Waals surface area contributed by atoms with E-state index in [1.54, 1.807) is 6.07 Å². The van der Waals surface area contributed by atoms with Gasteiger partial charge in [-0.1, -0.05) is 24.3 Å². The van der Waals surface area contributed by atoms with Crippen LogP contribution in [0.2, 0.25) is 0 Å². The molecule has 2 unspecified atom stereocenters. The van der Waals surface area contributed by atoms with Crippen LogP contribution >= 0.6 is 0 Å². The maximum atomic E-state index is 11.1. The molecule has 7 nitrogen and oxygen atoms in total. The normalized spacial score (nSPS) is 32.3. The van der Waals surface area contributed by atoms with Crippen molar-refractivity contribution in [3.8, 4) is 23.5 Å². The van der Waals surface area contributed by atoms with Crippen LogP contribution in [0, 0.1) is 11.3 Å². The predicted molar refractivity (Wildman–Crippen MR) is 93.6 cm³/mol. The predicted octanol–water partition coefficient (Wildman–Crippen LogP) is 2.55. The molecule has 1 aromatic carbocycles. The molecule has 134 valence electrons. The maximum Gasteiger partial charge on any atom is 0.205 e. The number of fused-ring (bicyclic) bond motifs is 9. The lowest BCUT2D eigenvalue weighted by Gasteiger charge is -2.24. The fourth-order valence-corrected chi connectivity index (χ4v) is 5.05. The van der Waals surface area contributed by atoms with E-state index >= 15 is 0 Å². The summed E-state index contributed by atoms with van der Waals surface area (Å²) in [5, 5.41) is 32.9. The zero-order valence-corrected chi connectivity index (χ0v) is 14.6. The van der Waals surface area contributed by atoms with Crippen molar-refractivity contribution in [3.05, 3.63) is 47.3 Å². The van der Waals surface area contributed by atoms with Gasteiger partial charge in [-0.05, 0) is 13.8 Å². The number of aromatic nitrogens is 2. The monoisotopic (exact) mass is 361 g/mol. The molecule has 3 aliphatic heterocycles. The zero-order chi connectivity index (χ0) is 18.7. The van der Waals surface area contributed by atoms with Crippen LogP contribution in [0.1, 0.15) is 30.7 Å². The minimum atomic E-state index is -0.794. The minimum absolute atomic E-state index is 0.0839. The van der Waals surface area contributed by atoms with E-state index in [9.17, 15) is 15.5 Å². The molecular weight excluding hydrogens is 346 g/mol. The van der Waals surface area contributed by atoms with Crippen molar-refractivity contribution in [1.82, 2.24) is 9.55 Å². The quantitative estimate of drug-likeness (QED) is 0.646. The number of pyridine rings is 1. The Morgan fingerprint density at radius 1 is 1.07 bits per heavy atom. The van der Waals surface area contributed by atoms with Gasteiger partial charge in [0, 0.05) is 10.8 Å². The van der Waals surface area contributed by atoms with Crippen molar-refractivity contribution in [2.45, 2.75) is 37.3 Å². The van der Waals surface area contributed by atoms with E-state index in [2.05, 4.69) is 11.1 Å². The molecule has 2 bridgehead atoms. The Hall–Kier alpha value is -3.08. The van der Waals surface area contributed by atoms with Crippen LogP contribution < -0.4 is 0 Å². The molecule has 4 atom stereocenters. The topological polar surface area (TPSA) is 104 Å². The minimum Gasteiger partial charge on any atom is -0.494 e. The van der Waals surface area contributed by atoms with Gasteiger partial charge in [-0.25, -0.2) is 9.55 Å². The van der Waals surface area contributed by atoms with Gasteiger partial charge >= 0.3 is 0 Å². The molecule has 0 radical (unpaired) electrons. The van der Waals surface area contributed by atoms with Crippen LogP contribution in [-0.2, 0) is 20.7 Å². The van der Waals surface area contributed by atoms with Gasteiger partial charge in [0.25, 0.3) is 0 Å². The molecule has 7 heteroatoms. The van der Waals surface area contributed by atoms with Crippen molar-refractivity contribution in [2.75, 3.05) is 0 Å². The highest BCUT2D eigenvalue weighted by molar-refractivity contribution is 5.93. The van der Waals surface area contributed by atoms with Gasteiger partial charge in [0.1, 0.15) is 35.2 Å². The summed E-state index contributed by atoms with van der Waals surface area (Å²) < 4.78 is 13.3. The average Bonchev–Trinajstić information content (AvgIpc) is 3.33. The van der Waals surface area contributed by atoms with Crippen LogP contribution in [0.5, 0.6) is 11.8 Å². The van der Waals surface area contributed by atoms with Gasteiger partial charge in [-0.3, -0.25) is 0 Å². The Bertz CT molecular complexity index is 1180. The summed E-state index contributed by atoms with van der Waals surface area (Å²) in [4.78, 5) is 4.22. The molecule has 27 heavy (non-hydrogen) atoms. The Kier molecular flexibility index (Phi) is 2.36. The first-order valence-corrected chi connectivity index (χ1v) is 8.73. The number of aromatic hydroxyl groups is 2. The van der Waals surface area contributed by atoms with Crippen LogP contribution in [0.15, 0.2) is 30.5 Å². The molecule has 2 N–H and O–H groups in total. The molecule has 3 aromatic rings. The summed E-state index contributed by atoms with van der Waals surface area (Å²) in [7, 11) is 0. The lowest BCUT2D eigenvalue weighted by molar-refractivity contribution is -0.133. The molecule has 5 heterocycles. The molecule has 0 spiro atoms. The average molecular weight is 361 g/mol. The van der Waals surface area contributed by atoms with E-state index in [1.165, 1.54) is 10.8 Å². The smallest absolute Gasteiger partial charge is 0.205 e. The fourth-order valence-electron chi connectivity index (χ4n) is 5.05. The van der Waals surface area contributed by atoms with Gasteiger partial charge in [0.15, 0.2) is 0 Å². The Labute approximate surface area is 154 Å². The summed E-state index contributed by atoms with van der Waals surface area (Å²) >= 11 is 0. The number of nitriles is 1. The van der Waals surface area contributed by atoms with E-state index < -0.39 is 11.2 Å². The summed E-state index contributed by atoms with van der Waals surface area (Å²) in [6.45, 7) is 3.76. The summed E-state index contributed by atoms with van der Waals surface area (Å²) in [6, 6.07) is 9.39. The molecular formula is C20H15N3O4. The van der Waals surface area contributed by atoms with Crippen molar-refractivity contribution in [2.24, 2.45) is 0 Å². The van der Waals surface area contributed by atoms with Gasteiger partial charge in [0.2, 0.25) is 11.8 Å². The van der Waals surface area contributed by atoms with Crippen molar-refractivity contribution in [3.63, 3.8) is 0 Å². The third-order valence-corrected chi connectivity index (χ3v) is 6.24. The second-order valence-corrected chi connectivity index (χ2v) is 7.68. The van der Waals surface area contributed by atoms with Gasteiger partial charge < -0.3 is 19.7 Å². The second-order valence-electron chi connectivity index (χ2n) is 7.68. The number of ether oxygens (including phenoxy) is 2. The number of hydrogen-bond acceptors (Lipinski definition) is 6. The highest BCUT2D eigenvalue weighted by Crippen LogP contribution is 2.70. The molecule has 2 aromatic heterocycles. The van der Waals surface area contributed by atoms with E-state index in [0.717, 1.165) is 0 Å². The number of hydrogen-bond donors (Lipinski definition) is 2. The SMILES string of the molecule is CC12OC(C)(c3c1c(O)n(-c1cnc(C#N)c4ccccc14)c3O)[C@H]1O[C@H]12. The first-order valence-electron chi connectivity index (χ1n) is 8.73. The van der Waals surface area contributed by atoms with Gasteiger partial charge in [-0.15, -0.1) is 0 Å². The maximum absolute atomic E-state index is 11.1. The fraction of sp³-hybridized carbons (Fsp3) is 0.300. The van der Waals surface area contributed by atoms with E-state index in [-0.39, 0.29) is 24.0 Å². The Balaban J connectivity index is 1.69. The number of nitrogens with zero attached hydrogens (tertiary/aromatic N) is 3. The lowest BCUT2D eigenvalue weighted by atomic mass is 9.80. The zero-order valence-electron chi connectivity index (χ0n) is 14.6. The molecule has 3 aliphatic rings. The highest BCUT2D eigenvalue weighted by Gasteiger charge is 2.78. The van der Waals surface area contributed by atoms with Gasteiger partial charge in [-0.2, -0.15) is 5.26 Å². The molecule has 2 fully saturated rings. The third kappa shape index (κ3) is 1.46. The Morgan fingerprint density at radius 3 is 2.26 bits per heavy atom. The van der Waals surface area contributed by atoms with E-state index in [4.69, 9.17) is 9.47 Å². The highest BCUT2D eigenvalue weighted by atomic mass is 16.7. The van der Waals surface area contributed by atoms with E-state index in [0.29, 0.717) is 33.3 Å². The van der Waals surface area contributed by atoms with E-state index in [1.807, 2.05) is 32.0 Å². The first kappa shape index (κ1) is 15.0. The lowest BCUT2D eigenvalue weighted by Crippen LogP contribution is -2.26. The van der Waals surface area contributed by atoms with Crippen LogP contribution in [0.3, 0.4) is 0 Å². The summed E-state index contributed by atoms with van der Waals surface area (Å²) in [5.74, 6) is -0.168. The van der Waals surface area contributed by atoms with Gasteiger partial charge in [0.05, 0.1) is 23.0 Å². The summed E-state index contributed by atoms with van der Waals surface area (Å²) in [6.07, 6.45) is 1.26. The number of epoxide rings is 1. The Morgan fingerprint density at radius 2 is 1.67 bits per heavy atom. The number of rotatable bonds is 1. The van der Waals surface area contributed by atoms with Crippen LogP contribution in [-0.4, -0.2) is 32.0 Å². The summed E-state index contributed by atoms with van der Waals surface area (Å²) in [5.41, 5.74) is 0.346. The van der Waals surface area contributed by atoms with Crippen LogP contribution in [0.25, 0.3) is 16.5 Å². The second kappa shape index (κ2) is 4.25. The van der Waals surface area contributed by atoms with Crippen molar-refractivity contribution < 1.29 is 19.7 Å². The molecule has 0 aliphatic carbocycles.